The maximum atomic E-state index is 12.7. The molecule has 37 heavy (non-hydrogen) atoms. The first-order valence-electron chi connectivity index (χ1n) is 11.2. The molecule has 1 saturated heterocycles. The van der Waals surface area contributed by atoms with Gasteiger partial charge >= 0.3 is 17.4 Å². The Kier molecular flexibility index (Phi) is 7.75. The normalized spacial score (nSPS) is 14.5. The number of likely N-dealkylation sites (tertiary alicyclic amines) is 1. The highest BCUT2D eigenvalue weighted by Crippen LogP contribution is 2.19. The molecule has 0 aliphatic carbocycles. The molecular formula is C22H22BrN5O8S. The Labute approximate surface area is 219 Å². The van der Waals surface area contributed by atoms with E-state index in [-0.39, 0.29) is 40.4 Å². The maximum absolute atomic E-state index is 12.7. The number of benzene rings is 2. The minimum absolute atomic E-state index is 0.0115. The van der Waals surface area contributed by atoms with Gasteiger partial charge in [-0.3, -0.25) is 19.5 Å². The summed E-state index contributed by atoms with van der Waals surface area (Å²) in [6.45, 7) is 0.599. The van der Waals surface area contributed by atoms with E-state index in [0.29, 0.717) is 40.0 Å². The van der Waals surface area contributed by atoms with Crippen LogP contribution in [0.15, 0.2) is 51.8 Å². The highest BCUT2D eigenvalue weighted by molar-refractivity contribution is 9.10. The molecule has 1 aromatic heterocycles. The van der Waals surface area contributed by atoms with Gasteiger partial charge in [-0.25, -0.2) is 4.73 Å². The molecule has 0 bridgehead atoms. The molecule has 1 aliphatic heterocycles. The molecule has 3 aromatic rings. The van der Waals surface area contributed by atoms with Gasteiger partial charge in [0, 0.05) is 46.9 Å². The summed E-state index contributed by atoms with van der Waals surface area (Å²) >= 11 is 3.23. The summed E-state index contributed by atoms with van der Waals surface area (Å²) < 4.78 is 38.4. The Hall–Kier alpha value is -3.56. The minimum Gasteiger partial charge on any atom is -0.739 e. The Morgan fingerprint density at radius 1 is 1.16 bits per heavy atom. The van der Waals surface area contributed by atoms with Crippen LogP contribution in [-0.2, 0) is 19.6 Å². The lowest BCUT2D eigenvalue weighted by molar-refractivity contribution is -0.672. The monoisotopic (exact) mass is 595 g/mol. The number of amides is 1. The van der Waals surface area contributed by atoms with Gasteiger partial charge in [0.15, 0.2) is 5.52 Å². The first-order valence-corrected chi connectivity index (χ1v) is 13.4. The number of carbonyl (C=O) groups is 2. The zero-order valence-electron chi connectivity index (χ0n) is 19.2. The van der Waals surface area contributed by atoms with Crippen LogP contribution >= 0.6 is 15.9 Å². The van der Waals surface area contributed by atoms with Crippen molar-refractivity contribution in [1.82, 2.24) is 10.00 Å². The van der Waals surface area contributed by atoms with Crippen LogP contribution in [0.3, 0.4) is 0 Å². The van der Waals surface area contributed by atoms with Gasteiger partial charge in [-0.2, -0.15) is 8.42 Å². The third kappa shape index (κ3) is 6.23. The van der Waals surface area contributed by atoms with Crippen molar-refractivity contribution in [2.45, 2.75) is 30.3 Å². The van der Waals surface area contributed by atoms with Crippen LogP contribution in [0.4, 0.5) is 5.95 Å². The SMILES string of the molecule is O=C(CCNc1n[n+]([O-])c2cc(Br)ccc2[n+]1[O-])OC1CCN(C(=O)c2cccc(S(=O)(=O)O)c2)CC1. The Morgan fingerprint density at radius 3 is 2.59 bits per heavy atom. The zero-order chi connectivity index (χ0) is 26.7. The summed E-state index contributed by atoms with van der Waals surface area (Å²) in [6, 6.07) is 9.70. The largest absolute Gasteiger partial charge is 0.739 e. The van der Waals surface area contributed by atoms with E-state index in [9.17, 15) is 33.0 Å². The van der Waals surface area contributed by atoms with Crippen LogP contribution < -0.4 is 14.9 Å². The Morgan fingerprint density at radius 2 is 1.89 bits per heavy atom. The molecule has 196 valence electrons. The number of nitrogens with zero attached hydrogens (tertiary/aromatic N) is 4. The lowest BCUT2D eigenvalue weighted by Gasteiger charge is -2.31. The number of rotatable bonds is 7. The van der Waals surface area contributed by atoms with E-state index in [2.05, 4.69) is 26.3 Å². The molecule has 0 spiro atoms. The Bertz CT molecular complexity index is 1460. The van der Waals surface area contributed by atoms with Gasteiger partial charge < -0.3 is 20.1 Å². The summed E-state index contributed by atoms with van der Waals surface area (Å²) in [6.07, 6.45) is 0.287. The highest BCUT2D eigenvalue weighted by atomic mass is 79.9. The van der Waals surface area contributed by atoms with E-state index in [1.54, 1.807) is 6.07 Å². The lowest BCUT2D eigenvalue weighted by Crippen LogP contribution is -2.44. The van der Waals surface area contributed by atoms with Crippen molar-refractivity contribution in [1.29, 1.82) is 0 Å². The van der Waals surface area contributed by atoms with E-state index >= 15 is 0 Å². The van der Waals surface area contributed by atoms with Crippen molar-refractivity contribution in [2.24, 2.45) is 0 Å². The molecule has 2 N–H and O–H groups in total. The van der Waals surface area contributed by atoms with Crippen LogP contribution in [0.5, 0.6) is 0 Å². The molecule has 0 unspecified atom stereocenters. The molecule has 15 heteroatoms. The predicted octanol–water partition coefficient (Wildman–Crippen LogP) is 1.16. The van der Waals surface area contributed by atoms with E-state index in [4.69, 9.17) is 4.74 Å². The average molecular weight is 596 g/mol. The molecule has 0 radical (unpaired) electrons. The summed E-state index contributed by atoms with van der Waals surface area (Å²) in [5, 5.41) is 30.9. The van der Waals surface area contributed by atoms with E-state index in [1.807, 2.05) is 0 Å². The number of halogens is 1. The molecule has 0 atom stereocenters. The maximum Gasteiger partial charge on any atom is 0.460 e. The Balaban J connectivity index is 1.26. The molecule has 1 amide bonds. The molecule has 1 fully saturated rings. The van der Waals surface area contributed by atoms with Crippen molar-refractivity contribution in [2.75, 3.05) is 25.0 Å². The van der Waals surface area contributed by atoms with E-state index < -0.39 is 28.1 Å². The average Bonchev–Trinajstić information content (AvgIpc) is 2.86. The zero-order valence-corrected chi connectivity index (χ0v) is 21.6. The first-order chi connectivity index (χ1) is 17.5. The summed E-state index contributed by atoms with van der Waals surface area (Å²) in [5.41, 5.74) is 0.330. The molecule has 13 nitrogen and oxygen atoms in total. The number of fused-ring (bicyclic) bond motifs is 1. The third-order valence-electron chi connectivity index (χ3n) is 5.76. The standard InChI is InChI=1S/C22H22BrN5O8S/c23-15-4-5-18-19(13-15)28(32)25-22(27(18)31)24-9-6-20(29)36-16-7-10-26(11-8-16)21(30)14-2-1-3-17(12-14)37(33,34)35/h1-5,12-13,16H,6-11H2,(H,24,25)(H,33,34,35). The van der Waals surface area contributed by atoms with Crippen LogP contribution in [0, 0.1) is 10.4 Å². The predicted molar refractivity (Wildman–Crippen MR) is 132 cm³/mol. The van der Waals surface area contributed by atoms with E-state index in [1.165, 1.54) is 35.2 Å². The van der Waals surface area contributed by atoms with Crippen LogP contribution in [-0.4, -0.2) is 60.6 Å². The number of ether oxygens (including phenoxy) is 1. The molecule has 2 heterocycles. The van der Waals surface area contributed by atoms with Gasteiger partial charge in [-0.15, -0.1) is 0 Å². The van der Waals surface area contributed by atoms with Crippen molar-refractivity contribution >= 4 is 54.9 Å². The van der Waals surface area contributed by atoms with Crippen LogP contribution in [0.25, 0.3) is 11.0 Å². The minimum atomic E-state index is -4.43. The third-order valence-corrected chi connectivity index (χ3v) is 7.10. The number of aromatic nitrogens is 3. The first kappa shape index (κ1) is 26.5. The topological polar surface area (TPSA) is 180 Å². The number of nitrogens with one attached hydrogen (secondary N) is 1. The van der Waals surface area contributed by atoms with E-state index in [0.717, 1.165) is 6.07 Å². The fourth-order valence-corrected chi connectivity index (χ4v) is 4.77. The van der Waals surface area contributed by atoms with Gasteiger partial charge in [0.1, 0.15) is 6.10 Å². The van der Waals surface area contributed by atoms with Gasteiger partial charge in [0.05, 0.1) is 17.9 Å². The lowest BCUT2D eigenvalue weighted by atomic mass is 10.1. The second-order valence-corrected chi connectivity index (χ2v) is 10.6. The number of hydrogen-bond donors (Lipinski definition) is 2. The number of piperidine rings is 1. The number of esters is 1. The van der Waals surface area contributed by atoms with Crippen LogP contribution in [0.1, 0.15) is 29.6 Å². The summed E-state index contributed by atoms with van der Waals surface area (Å²) in [4.78, 5) is 26.5. The molecular weight excluding hydrogens is 574 g/mol. The molecule has 1 aliphatic rings. The second kappa shape index (κ2) is 10.8. The van der Waals surface area contributed by atoms with Gasteiger partial charge in [-0.1, -0.05) is 22.0 Å². The molecule has 2 aromatic carbocycles. The molecule has 4 rings (SSSR count). The van der Waals surface area contributed by atoms with Gasteiger partial charge in [0.25, 0.3) is 16.0 Å². The van der Waals surface area contributed by atoms with Crippen LogP contribution in [0.2, 0.25) is 0 Å². The van der Waals surface area contributed by atoms with Gasteiger partial charge in [0.2, 0.25) is 5.10 Å². The smallest absolute Gasteiger partial charge is 0.460 e. The second-order valence-electron chi connectivity index (χ2n) is 8.29. The molecule has 0 saturated carbocycles. The van der Waals surface area contributed by atoms with Crippen molar-refractivity contribution in [3.8, 4) is 0 Å². The fraction of sp³-hybridized carbons (Fsp3) is 0.318. The quantitative estimate of drug-likeness (QED) is 0.174. The van der Waals surface area contributed by atoms with Crippen molar-refractivity contribution < 1.29 is 36.9 Å². The highest BCUT2D eigenvalue weighted by Gasteiger charge is 2.27. The number of carbonyl (C=O) groups excluding carboxylic acids is 2. The number of hydrogen-bond acceptors (Lipinski definition) is 9. The summed E-state index contributed by atoms with van der Waals surface area (Å²) in [5.74, 6) is -1.16. The van der Waals surface area contributed by atoms with Crippen molar-refractivity contribution in [3.63, 3.8) is 0 Å². The summed E-state index contributed by atoms with van der Waals surface area (Å²) in [7, 11) is -4.43. The van der Waals surface area contributed by atoms with Crippen molar-refractivity contribution in [3.05, 3.63) is 62.9 Å². The fourth-order valence-electron chi connectivity index (χ4n) is 3.89. The van der Waals surface area contributed by atoms with Gasteiger partial charge in [-0.05, 0) is 30.3 Å². The number of anilines is 1.